The summed E-state index contributed by atoms with van der Waals surface area (Å²) in [4.78, 5) is 16.9. The van der Waals surface area contributed by atoms with Crippen LogP contribution in [0.2, 0.25) is 0 Å². The van der Waals surface area contributed by atoms with Crippen LogP contribution in [0.25, 0.3) is 0 Å². The van der Waals surface area contributed by atoms with Crippen LogP contribution in [0.1, 0.15) is 59.5 Å². The van der Waals surface area contributed by atoms with E-state index in [0.717, 1.165) is 17.5 Å². The van der Waals surface area contributed by atoms with Gasteiger partial charge in [-0.1, -0.05) is 19.3 Å². The summed E-state index contributed by atoms with van der Waals surface area (Å²) in [5.74, 6) is 0.101. The zero-order valence-corrected chi connectivity index (χ0v) is 13.8. The van der Waals surface area contributed by atoms with Gasteiger partial charge in [0.2, 0.25) is 0 Å². The van der Waals surface area contributed by atoms with E-state index in [1.165, 1.54) is 56.4 Å². The van der Waals surface area contributed by atoms with Crippen molar-refractivity contribution < 1.29 is 4.79 Å². The molecule has 3 nitrogen and oxygen atoms in total. The van der Waals surface area contributed by atoms with Crippen LogP contribution in [0, 0.1) is 6.92 Å². The van der Waals surface area contributed by atoms with Crippen molar-refractivity contribution in [1.82, 2.24) is 10.2 Å². The second kappa shape index (κ2) is 6.93. The van der Waals surface area contributed by atoms with Crippen LogP contribution in [-0.2, 0) is 0 Å². The molecule has 0 spiro atoms. The fourth-order valence-electron chi connectivity index (χ4n) is 3.82. The van der Waals surface area contributed by atoms with E-state index < -0.39 is 0 Å². The van der Waals surface area contributed by atoms with E-state index in [9.17, 15) is 4.79 Å². The molecule has 1 amide bonds. The van der Waals surface area contributed by atoms with Crippen molar-refractivity contribution in [2.75, 3.05) is 13.1 Å². The molecule has 1 saturated carbocycles. The molecule has 116 valence electrons. The summed E-state index contributed by atoms with van der Waals surface area (Å²) in [6.07, 6.45) is 9.41. The van der Waals surface area contributed by atoms with E-state index in [1.54, 1.807) is 11.3 Å². The molecule has 0 radical (unpaired) electrons. The van der Waals surface area contributed by atoms with Gasteiger partial charge in [0.25, 0.3) is 5.91 Å². The highest BCUT2D eigenvalue weighted by atomic mass is 32.1. The highest BCUT2D eigenvalue weighted by Crippen LogP contribution is 2.29. The van der Waals surface area contributed by atoms with Gasteiger partial charge in [0, 0.05) is 23.5 Å². The van der Waals surface area contributed by atoms with Crippen molar-refractivity contribution in [1.29, 1.82) is 0 Å². The van der Waals surface area contributed by atoms with Crippen molar-refractivity contribution >= 4 is 17.2 Å². The number of carbonyl (C=O) groups is 1. The Bertz CT molecular complexity index is 479. The minimum atomic E-state index is 0.101. The lowest BCUT2D eigenvalue weighted by Crippen LogP contribution is -2.45. The summed E-state index contributed by atoms with van der Waals surface area (Å²) in [7, 11) is 0. The number of nitrogens with one attached hydrogen (secondary N) is 1. The van der Waals surface area contributed by atoms with Crippen molar-refractivity contribution in [3.63, 3.8) is 0 Å². The molecular weight excluding hydrogens is 280 g/mol. The Morgan fingerprint density at radius 1 is 1.24 bits per heavy atom. The number of carbonyl (C=O) groups excluding carboxylic acids is 1. The Kier molecular flexibility index (Phi) is 4.96. The van der Waals surface area contributed by atoms with Crippen molar-refractivity contribution in [3.8, 4) is 0 Å². The van der Waals surface area contributed by atoms with Crippen LogP contribution in [-0.4, -0.2) is 36.0 Å². The van der Waals surface area contributed by atoms with Gasteiger partial charge in [-0.3, -0.25) is 9.69 Å². The largest absolute Gasteiger partial charge is 0.350 e. The maximum Gasteiger partial charge on any atom is 0.261 e. The van der Waals surface area contributed by atoms with Gasteiger partial charge < -0.3 is 5.32 Å². The molecule has 21 heavy (non-hydrogen) atoms. The van der Waals surface area contributed by atoms with Crippen molar-refractivity contribution in [3.05, 3.63) is 21.9 Å². The van der Waals surface area contributed by atoms with Gasteiger partial charge in [-0.05, 0) is 51.3 Å². The van der Waals surface area contributed by atoms with Crippen LogP contribution in [0.5, 0.6) is 0 Å². The lowest BCUT2D eigenvalue weighted by Gasteiger charge is -2.35. The molecule has 0 bridgehead atoms. The smallest absolute Gasteiger partial charge is 0.261 e. The number of likely N-dealkylation sites (tertiary alicyclic amines) is 1. The fraction of sp³-hybridized carbons (Fsp3) is 0.706. The Hall–Kier alpha value is -0.870. The first kappa shape index (κ1) is 15.0. The summed E-state index contributed by atoms with van der Waals surface area (Å²) in [6, 6.07) is 5.28. The van der Waals surface area contributed by atoms with Crippen molar-refractivity contribution in [2.24, 2.45) is 0 Å². The van der Waals surface area contributed by atoms with E-state index in [4.69, 9.17) is 0 Å². The van der Waals surface area contributed by atoms with Gasteiger partial charge in [-0.15, -0.1) is 11.3 Å². The first-order valence-electron chi connectivity index (χ1n) is 8.34. The van der Waals surface area contributed by atoms with Crippen molar-refractivity contribution in [2.45, 2.75) is 64.0 Å². The maximum atomic E-state index is 12.2. The molecule has 1 aromatic heterocycles. The van der Waals surface area contributed by atoms with Gasteiger partial charge in [-0.2, -0.15) is 0 Å². The van der Waals surface area contributed by atoms with E-state index in [2.05, 4.69) is 10.2 Å². The summed E-state index contributed by atoms with van der Waals surface area (Å²) in [6.45, 7) is 4.08. The first-order chi connectivity index (χ1) is 10.2. The molecular formula is C17H26N2OS. The Labute approximate surface area is 131 Å². The first-order valence-corrected chi connectivity index (χ1v) is 9.16. The highest BCUT2D eigenvalue weighted by Gasteiger charge is 2.31. The van der Waals surface area contributed by atoms with Gasteiger partial charge in [0.05, 0.1) is 4.88 Å². The second-order valence-electron chi connectivity index (χ2n) is 6.45. The van der Waals surface area contributed by atoms with Gasteiger partial charge in [0.1, 0.15) is 0 Å². The Balaban J connectivity index is 1.52. The standard InChI is InChI=1S/C17H26N2OS/c1-13-9-10-16(21-13)17(20)18-12-15-8-5-11-19(15)14-6-3-2-4-7-14/h9-10,14-15H,2-8,11-12H2,1H3,(H,18,20)/t15-/m0/s1. The molecule has 1 aromatic rings. The lowest BCUT2D eigenvalue weighted by atomic mass is 9.94. The number of aryl methyl sites for hydroxylation is 1. The molecule has 1 atom stereocenters. The molecule has 1 aliphatic carbocycles. The van der Waals surface area contributed by atoms with E-state index >= 15 is 0 Å². The maximum absolute atomic E-state index is 12.2. The van der Waals surface area contributed by atoms with Gasteiger partial charge in [0.15, 0.2) is 0 Å². The third kappa shape index (κ3) is 3.67. The second-order valence-corrected chi connectivity index (χ2v) is 7.73. The number of amides is 1. The van der Waals surface area contributed by atoms with E-state index in [0.29, 0.717) is 6.04 Å². The molecule has 1 saturated heterocycles. The highest BCUT2D eigenvalue weighted by molar-refractivity contribution is 7.13. The minimum absolute atomic E-state index is 0.101. The average molecular weight is 306 g/mol. The van der Waals surface area contributed by atoms with Crippen LogP contribution >= 0.6 is 11.3 Å². The van der Waals surface area contributed by atoms with Crippen LogP contribution in [0.4, 0.5) is 0 Å². The quantitative estimate of drug-likeness (QED) is 0.922. The summed E-state index contributed by atoms with van der Waals surface area (Å²) in [5.41, 5.74) is 0. The molecule has 0 aromatic carbocycles. The molecule has 1 N–H and O–H groups in total. The molecule has 2 heterocycles. The average Bonchev–Trinajstić information content (AvgIpc) is 3.14. The molecule has 0 unspecified atom stereocenters. The zero-order valence-electron chi connectivity index (χ0n) is 12.9. The zero-order chi connectivity index (χ0) is 14.7. The van der Waals surface area contributed by atoms with Gasteiger partial charge in [-0.25, -0.2) is 0 Å². The SMILES string of the molecule is Cc1ccc(C(=O)NC[C@@H]2CCCN2C2CCCCC2)s1. The van der Waals surface area contributed by atoms with Crippen LogP contribution in [0.15, 0.2) is 12.1 Å². The third-order valence-corrected chi connectivity index (χ3v) is 5.93. The summed E-state index contributed by atoms with van der Waals surface area (Å²) < 4.78 is 0. The summed E-state index contributed by atoms with van der Waals surface area (Å²) >= 11 is 1.58. The number of nitrogens with zero attached hydrogens (tertiary/aromatic N) is 1. The number of hydrogen-bond donors (Lipinski definition) is 1. The topological polar surface area (TPSA) is 32.3 Å². The minimum Gasteiger partial charge on any atom is -0.350 e. The molecule has 3 rings (SSSR count). The number of rotatable bonds is 4. The number of thiophene rings is 1. The summed E-state index contributed by atoms with van der Waals surface area (Å²) in [5, 5.41) is 3.15. The van der Waals surface area contributed by atoms with E-state index in [1.807, 2.05) is 19.1 Å². The normalized spacial score (nSPS) is 24.3. The Morgan fingerprint density at radius 2 is 2.05 bits per heavy atom. The number of hydrogen-bond acceptors (Lipinski definition) is 3. The molecule has 2 fully saturated rings. The molecule has 2 aliphatic rings. The monoisotopic (exact) mass is 306 g/mol. The van der Waals surface area contributed by atoms with Gasteiger partial charge >= 0.3 is 0 Å². The van der Waals surface area contributed by atoms with Crippen LogP contribution in [0.3, 0.4) is 0 Å². The Morgan fingerprint density at radius 3 is 2.76 bits per heavy atom. The molecule has 4 heteroatoms. The lowest BCUT2D eigenvalue weighted by molar-refractivity contribution is 0.0924. The predicted molar refractivity (Wildman–Crippen MR) is 88.0 cm³/mol. The predicted octanol–water partition coefficient (Wildman–Crippen LogP) is 3.58. The van der Waals surface area contributed by atoms with E-state index in [-0.39, 0.29) is 5.91 Å². The molecule has 1 aliphatic heterocycles. The third-order valence-electron chi connectivity index (χ3n) is 4.93. The van der Waals surface area contributed by atoms with Crippen LogP contribution < -0.4 is 5.32 Å². The fourth-order valence-corrected chi connectivity index (χ4v) is 4.61.